The number of benzene rings is 2. The van der Waals surface area contributed by atoms with Crippen molar-refractivity contribution in [2.24, 2.45) is 0 Å². The van der Waals surface area contributed by atoms with Crippen LogP contribution in [0.3, 0.4) is 0 Å². The average Bonchev–Trinajstić information content (AvgIpc) is 3.06. The molecule has 10 heteroatoms. The first kappa shape index (κ1) is 29.6. The van der Waals surface area contributed by atoms with Gasteiger partial charge in [-0.25, -0.2) is 8.42 Å². The van der Waals surface area contributed by atoms with Crippen molar-refractivity contribution < 1.29 is 22.7 Å². The predicted molar refractivity (Wildman–Crippen MR) is 148 cm³/mol. The zero-order valence-electron chi connectivity index (χ0n) is 23.3. The second kappa shape index (κ2) is 12.7. The Bertz CT molecular complexity index is 1250. The number of hydrogen-bond donors (Lipinski definition) is 1. The minimum atomic E-state index is -3.92. The van der Waals surface area contributed by atoms with E-state index in [1.54, 1.807) is 30.9 Å². The number of ether oxygens (including phenoxy) is 1. The van der Waals surface area contributed by atoms with Crippen molar-refractivity contribution in [3.05, 3.63) is 58.1 Å². The lowest BCUT2D eigenvalue weighted by atomic mass is 10.00. The Kier molecular flexibility index (Phi) is 9.92. The maximum Gasteiger partial charge on any atom is 0.243 e. The molecule has 0 radical (unpaired) electrons. The number of methoxy groups -OCH3 is 1. The molecule has 0 spiro atoms. The first-order chi connectivity index (χ1) is 18.0. The molecule has 0 atom stereocenters. The number of nitrogens with one attached hydrogen (secondary N) is 1. The molecular formula is C28H40N4O5S. The van der Waals surface area contributed by atoms with Gasteiger partial charge >= 0.3 is 0 Å². The lowest BCUT2D eigenvalue weighted by Crippen LogP contribution is -2.44. The molecule has 0 bridgehead atoms. The maximum absolute atomic E-state index is 13.2. The molecule has 9 nitrogen and oxygen atoms in total. The van der Waals surface area contributed by atoms with Crippen molar-refractivity contribution in [1.29, 1.82) is 0 Å². The standard InChI is InChI=1S/C28H40N4O5S/c1-7-32(18-22-8-9-23-10-12-30(4)13-11-24(23)16-22)27(34)17-29-26(33)19-31(5)38(35,36)28-20(2)14-25(37-6)15-21(28)3/h8-9,14-16H,7,10-13,17-19H2,1-6H3,(H,29,33). The van der Waals surface area contributed by atoms with Crippen LogP contribution >= 0.6 is 0 Å². The largest absolute Gasteiger partial charge is 0.497 e. The molecule has 2 amide bonds. The molecule has 0 saturated carbocycles. The molecule has 1 aliphatic rings. The van der Waals surface area contributed by atoms with Crippen LogP contribution in [-0.4, -0.2) is 88.3 Å². The molecule has 3 rings (SSSR count). The van der Waals surface area contributed by atoms with Gasteiger partial charge in [0, 0.05) is 33.2 Å². The summed E-state index contributed by atoms with van der Waals surface area (Å²) in [6, 6.07) is 9.71. The van der Waals surface area contributed by atoms with Crippen LogP contribution in [0, 0.1) is 13.8 Å². The SMILES string of the molecule is CCN(Cc1ccc2c(c1)CCN(C)CC2)C(=O)CNC(=O)CN(C)S(=O)(=O)c1c(C)cc(OC)cc1C. The van der Waals surface area contributed by atoms with Crippen molar-refractivity contribution in [2.45, 2.75) is 45.1 Å². The van der Waals surface area contributed by atoms with E-state index in [9.17, 15) is 18.0 Å². The second-order valence-electron chi connectivity index (χ2n) is 9.94. The molecule has 0 saturated heterocycles. The summed E-state index contributed by atoms with van der Waals surface area (Å²) in [5.74, 6) is -0.196. The Morgan fingerprint density at radius 3 is 2.29 bits per heavy atom. The molecule has 208 valence electrons. The van der Waals surface area contributed by atoms with Crippen molar-refractivity contribution in [3.63, 3.8) is 0 Å². The fourth-order valence-electron chi connectivity index (χ4n) is 4.81. The fraction of sp³-hybridized carbons (Fsp3) is 0.500. The predicted octanol–water partition coefficient (Wildman–Crippen LogP) is 2.13. The Morgan fingerprint density at radius 2 is 1.68 bits per heavy atom. The number of carbonyl (C=O) groups excluding carboxylic acids is 2. The zero-order chi connectivity index (χ0) is 28.0. The van der Waals surface area contributed by atoms with E-state index in [0.717, 1.165) is 35.8 Å². The van der Waals surface area contributed by atoms with Gasteiger partial charge in [0.15, 0.2) is 0 Å². The van der Waals surface area contributed by atoms with E-state index in [-0.39, 0.29) is 17.3 Å². The van der Waals surface area contributed by atoms with Gasteiger partial charge in [0.25, 0.3) is 0 Å². The van der Waals surface area contributed by atoms with E-state index in [1.165, 1.54) is 25.3 Å². The van der Waals surface area contributed by atoms with Gasteiger partial charge in [-0.3, -0.25) is 9.59 Å². The van der Waals surface area contributed by atoms with E-state index in [2.05, 4.69) is 35.5 Å². The molecule has 38 heavy (non-hydrogen) atoms. The lowest BCUT2D eigenvalue weighted by Gasteiger charge is -2.23. The molecule has 0 aromatic heterocycles. The van der Waals surface area contributed by atoms with Crippen LogP contribution in [-0.2, 0) is 39.0 Å². The minimum absolute atomic E-state index is 0.147. The third-order valence-electron chi connectivity index (χ3n) is 7.05. The van der Waals surface area contributed by atoms with E-state index in [4.69, 9.17) is 4.74 Å². The van der Waals surface area contributed by atoms with E-state index in [1.807, 2.05) is 6.92 Å². The third-order valence-corrected chi connectivity index (χ3v) is 9.15. The van der Waals surface area contributed by atoms with Crippen molar-refractivity contribution in [3.8, 4) is 5.75 Å². The zero-order valence-corrected chi connectivity index (χ0v) is 24.2. The van der Waals surface area contributed by atoms with Crippen LogP contribution in [0.15, 0.2) is 35.2 Å². The van der Waals surface area contributed by atoms with Gasteiger partial charge in [0.2, 0.25) is 21.8 Å². The van der Waals surface area contributed by atoms with Crippen LogP contribution in [0.5, 0.6) is 5.75 Å². The van der Waals surface area contributed by atoms with Gasteiger partial charge in [0.05, 0.1) is 25.1 Å². The number of sulfonamides is 1. The summed E-state index contributed by atoms with van der Waals surface area (Å²) in [6.45, 7) is 7.70. The quantitative estimate of drug-likeness (QED) is 0.492. The topological polar surface area (TPSA) is 99.3 Å². The maximum atomic E-state index is 13.2. The number of likely N-dealkylation sites (N-methyl/N-ethyl adjacent to an activating group) is 3. The Morgan fingerprint density at radius 1 is 1.05 bits per heavy atom. The highest BCUT2D eigenvalue weighted by Crippen LogP contribution is 2.27. The molecule has 1 N–H and O–H groups in total. The molecular weight excluding hydrogens is 504 g/mol. The van der Waals surface area contributed by atoms with Crippen molar-refractivity contribution in [2.75, 3.05) is 53.9 Å². The summed E-state index contributed by atoms with van der Waals surface area (Å²) in [6.07, 6.45) is 2.01. The highest BCUT2D eigenvalue weighted by atomic mass is 32.2. The van der Waals surface area contributed by atoms with Gasteiger partial charge in [0.1, 0.15) is 5.75 Å². The summed E-state index contributed by atoms with van der Waals surface area (Å²) in [4.78, 5) is 29.6. The number of amides is 2. The number of nitrogens with zero attached hydrogens (tertiary/aromatic N) is 3. The Labute approximate surface area is 226 Å². The van der Waals surface area contributed by atoms with Gasteiger partial charge in [-0.05, 0) is 80.6 Å². The average molecular weight is 545 g/mol. The number of aryl methyl sites for hydroxylation is 2. The Balaban J connectivity index is 1.58. The van der Waals surface area contributed by atoms with Crippen molar-refractivity contribution in [1.82, 2.24) is 19.4 Å². The second-order valence-corrected chi connectivity index (χ2v) is 11.9. The highest BCUT2D eigenvalue weighted by molar-refractivity contribution is 7.89. The summed E-state index contributed by atoms with van der Waals surface area (Å²) in [5.41, 5.74) is 4.82. The first-order valence-electron chi connectivity index (χ1n) is 12.9. The summed E-state index contributed by atoms with van der Waals surface area (Å²) in [5, 5.41) is 2.59. The smallest absolute Gasteiger partial charge is 0.243 e. The molecule has 1 heterocycles. The number of fused-ring (bicyclic) bond motifs is 1. The monoisotopic (exact) mass is 544 g/mol. The minimum Gasteiger partial charge on any atom is -0.497 e. The van der Waals surface area contributed by atoms with Crippen LogP contribution < -0.4 is 10.1 Å². The molecule has 0 aliphatic carbocycles. The van der Waals surface area contributed by atoms with Crippen molar-refractivity contribution >= 4 is 21.8 Å². The summed E-state index contributed by atoms with van der Waals surface area (Å²) in [7, 11) is 1.09. The normalized spacial score (nSPS) is 14.1. The van der Waals surface area contributed by atoms with Gasteiger partial charge in [-0.15, -0.1) is 0 Å². The first-order valence-corrected chi connectivity index (χ1v) is 14.4. The number of carbonyl (C=O) groups is 2. The molecule has 0 unspecified atom stereocenters. The summed E-state index contributed by atoms with van der Waals surface area (Å²) < 4.78 is 32.6. The van der Waals surface area contributed by atoms with E-state index < -0.39 is 22.5 Å². The van der Waals surface area contributed by atoms with E-state index in [0.29, 0.717) is 30.0 Å². The van der Waals surface area contributed by atoms with Gasteiger partial charge in [-0.2, -0.15) is 4.31 Å². The number of hydrogen-bond acceptors (Lipinski definition) is 6. The summed E-state index contributed by atoms with van der Waals surface area (Å²) >= 11 is 0. The molecule has 1 aliphatic heterocycles. The number of rotatable bonds is 10. The Hall–Kier alpha value is -2.95. The highest BCUT2D eigenvalue weighted by Gasteiger charge is 2.27. The van der Waals surface area contributed by atoms with Gasteiger partial charge < -0.3 is 19.9 Å². The lowest BCUT2D eigenvalue weighted by molar-refractivity contribution is -0.133. The molecule has 2 aromatic rings. The third kappa shape index (κ3) is 7.12. The molecule has 0 fully saturated rings. The van der Waals surface area contributed by atoms with Crippen LogP contribution in [0.25, 0.3) is 0 Å². The molecule has 2 aromatic carbocycles. The van der Waals surface area contributed by atoms with Crippen LogP contribution in [0.1, 0.15) is 34.7 Å². The van der Waals surface area contributed by atoms with Crippen LogP contribution in [0.2, 0.25) is 0 Å². The van der Waals surface area contributed by atoms with Gasteiger partial charge in [-0.1, -0.05) is 18.2 Å². The fourth-order valence-corrected chi connectivity index (χ4v) is 6.34. The van der Waals surface area contributed by atoms with Crippen LogP contribution in [0.4, 0.5) is 0 Å². The van der Waals surface area contributed by atoms with E-state index >= 15 is 0 Å².